The molecular weight excluding hydrogens is 422 g/mol. The van der Waals surface area contributed by atoms with Crippen LogP contribution in [-0.2, 0) is 9.53 Å². The number of carbonyl (C=O) groups excluding carboxylic acids is 1. The lowest BCUT2D eigenvalue weighted by Gasteiger charge is -2.60. The second kappa shape index (κ2) is 8.91. The Labute approximate surface area is 196 Å². The molecule has 8 heteroatoms. The highest BCUT2D eigenvalue weighted by atomic mass is 16.5. The summed E-state index contributed by atoms with van der Waals surface area (Å²) in [5.74, 6) is 1.27. The highest BCUT2D eigenvalue weighted by molar-refractivity contribution is 5.97. The fourth-order valence-corrected chi connectivity index (χ4v) is 8.45. The predicted octanol–water partition coefficient (Wildman–Crippen LogP) is 4.95. The number of methoxy groups -OCH3 is 1. The van der Waals surface area contributed by atoms with E-state index in [0.717, 1.165) is 55.7 Å². The number of fused-ring (bicyclic) bond motifs is 5. The molecule has 0 amide bonds. The summed E-state index contributed by atoms with van der Waals surface area (Å²) in [5.41, 5.74) is 2.26. The first-order valence-corrected chi connectivity index (χ1v) is 12.4. The second-order valence-corrected chi connectivity index (χ2v) is 11.4. The Balaban J connectivity index is 1.67. The standard InChI is InChI=1S/C25H39N3O5/c1-14(5-8-22(29)33-4)17-6-7-18-23-19(13-21(28-32)25(17,18)3)24(2)10-9-16(26-30)11-15(24)12-20(23)27-31/h14-15,17-19,23,30-32H,5-13H2,1-4H3/b26-16+,27-20+,28-21+. The normalized spacial score (nSPS) is 44.8. The number of rotatable bonds is 4. The zero-order valence-electron chi connectivity index (χ0n) is 20.3. The van der Waals surface area contributed by atoms with Gasteiger partial charge in [0.15, 0.2) is 0 Å². The van der Waals surface area contributed by atoms with E-state index in [1.807, 2.05) is 0 Å². The molecule has 0 aromatic rings. The summed E-state index contributed by atoms with van der Waals surface area (Å²) in [6, 6.07) is 0. The van der Waals surface area contributed by atoms with Crippen molar-refractivity contribution in [2.75, 3.05) is 7.11 Å². The molecule has 0 heterocycles. The molecule has 4 rings (SSSR count). The van der Waals surface area contributed by atoms with Gasteiger partial charge in [0.1, 0.15) is 0 Å². The lowest BCUT2D eigenvalue weighted by atomic mass is 9.43. The first-order valence-electron chi connectivity index (χ1n) is 12.4. The van der Waals surface area contributed by atoms with Gasteiger partial charge in [-0.05, 0) is 86.4 Å². The van der Waals surface area contributed by atoms with Crippen LogP contribution in [0, 0.1) is 46.3 Å². The molecule has 4 aliphatic rings. The monoisotopic (exact) mass is 461 g/mol. The first kappa shape index (κ1) is 24.0. The van der Waals surface area contributed by atoms with Crippen LogP contribution >= 0.6 is 0 Å². The maximum absolute atomic E-state index is 11.7. The number of ether oxygens (including phenoxy) is 1. The lowest BCUT2D eigenvalue weighted by Crippen LogP contribution is -2.60. The van der Waals surface area contributed by atoms with E-state index in [2.05, 4.69) is 36.2 Å². The number of carbonyl (C=O) groups is 1. The van der Waals surface area contributed by atoms with Crippen LogP contribution < -0.4 is 0 Å². The number of hydrogen-bond acceptors (Lipinski definition) is 8. The SMILES string of the molecule is COC(=O)CCC(C)C1CCC2C3/C(=N/O)CC4C/C(=N/O)CCC4(C)C3C/C(=N\O)C12C. The van der Waals surface area contributed by atoms with Crippen LogP contribution in [-0.4, -0.2) is 45.8 Å². The third-order valence-corrected chi connectivity index (χ3v) is 10.4. The molecule has 8 atom stereocenters. The van der Waals surface area contributed by atoms with Crippen molar-refractivity contribution >= 4 is 23.1 Å². The predicted molar refractivity (Wildman–Crippen MR) is 124 cm³/mol. The van der Waals surface area contributed by atoms with E-state index in [0.29, 0.717) is 25.2 Å². The fourth-order valence-electron chi connectivity index (χ4n) is 8.45. The number of esters is 1. The molecule has 0 spiro atoms. The van der Waals surface area contributed by atoms with Gasteiger partial charge in [0, 0.05) is 17.8 Å². The summed E-state index contributed by atoms with van der Waals surface area (Å²) < 4.78 is 4.84. The van der Waals surface area contributed by atoms with Crippen molar-refractivity contribution in [3.05, 3.63) is 0 Å². The second-order valence-electron chi connectivity index (χ2n) is 11.4. The highest BCUT2D eigenvalue weighted by Crippen LogP contribution is 2.66. The molecular formula is C25H39N3O5. The van der Waals surface area contributed by atoms with Crippen molar-refractivity contribution in [2.24, 2.45) is 61.8 Å². The van der Waals surface area contributed by atoms with E-state index in [-0.39, 0.29) is 46.4 Å². The average molecular weight is 462 g/mol. The fraction of sp³-hybridized carbons (Fsp3) is 0.840. The maximum Gasteiger partial charge on any atom is 0.305 e. The van der Waals surface area contributed by atoms with Gasteiger partial charge in [0.2, 0.25) is 0 Å². The van der Waals surface area contributed by atoms with Crippen molar-refractivity contribution in [1.82, 2.24) is 0 Å². The van der Waals surface area contributed by atoms with Gasteiger partial charge in [-0.3, -0.25) is 4.79 Å². The number of hydrogen-bond donors (Lipinski definition) is 3. The molecule has 0 radical (unpaired) electrons. The van der Waals surface area contributed by atoms with E-state index < -0.39 is 0 Å². The lowest BCUT2D eigenvalue weighted by molar-refractivity contribution is -0.141. The minimum atomic E-state index is -0.295. The molecule has 33 heavy (non-hydrogen) atoms. The Kier molecular flexibility index (Phi) is 6.49. The van der Waals surface area contributed by atoms with Crippen LogP contribution in [0.4, 0.5) is 0 Å². The molecule has 8 nitrogen and oxygen atoms in total. The van der Waals surface area contributed by atoms with Crippen LogP contribution in [0.2, 0.25) is 0 Å². The van der Waals surface area contributed by atoms with Crippen LogP contribution in [0.25, 0.3) is 0 Å². The largest absolute Gasteiger partial charge is 0.469 e. The van der Waals surface area contributed by atoms with E-state index >= 15 is 0 Å². The minimum Gasteiger partial charge on any atom is -0.469 e. The third kappa shape index (κ3) is 3.64. The molecule has 0 aliphatic heterocycles. The van der Waals surface area contributed by atoms with Crippen molar-refractivity contribution in [3.63, 3.8) is 0 Å². The average Bonchev–Trinajstić information content (AvgIpc) is 3.18. The van der Waals surface area contributed by atoms with Gasteiger partial charge in [0.05, 0.1) is 24.2 Å². The summed E-state index contributed by atoms with van der Waals surface area (Å²) >= 11 is 0. The molecule has 3 N–H and O–H groups in total. The Hall–Kier alpha value is -2.12. The topological polar surface area (TPSA) is 124 Å². The van der Waals surface area contributed by atoms with Gasteiger partial charge in [-0.15, -0.1) is 0 Å². The van der Waals surface area contributed by atoms with Crippen molar-refractivity contribution < 1.29 is 25.2 Å². The number of nitrogens with zero attached hydrogens (tertiary/aromatic N) is 3. The molecule has 0 aromatic carbocycles. The third-order valence-electron chi connectivity index (χ3n) is 10.4. The van der Waals surface area contributed by atoms with Gasteiger partial charge in [-0.1, -0.05) is 36.2 Å². The smallest absolute Gasteiger partial charge is 0.305 e. The molecule has 0 aromatic heterocycles. The van der Waals surface area contributed by atoms with Gasteiger partial charge in [-0.2, -0.15) is 0 Å². The van der Waals surface area contributed by atoms with Crippen molar-refractivity contribution in [1.29, 1.82) is 0 Å². The summed E-state index contributed by atoms with van der Waals surface area (Å²) in [4.78, 5) is 11.7. The maximum atomic E-state index is 11.7. The molecule has 4 saturated carbocycles. The van der Waals surface area contributed by atoms with Gasteiger partial charge < -0.3 is 20.4 Å². The Morgan fingerprint density at radius 3 is 2.48 bits per heavy atom. The highest BCUT2D eigenvalue weighted by Gasteiger charge is 2.65. The zero-order chi connectivity index (χ0) is 24.0. The van der Waals surface area contributed by atoms with Gasteiger partial charge in [0.25, 0.3) is 0 Å². The molecule has 0 bridgehead atoms. The summed E-state index contributed by atoms with van der Waals surface area (Å²) in [7, 11) is 1.42. The van der Waals surface area contributed by atoms with Gasteiger partial charge >= 0.3 is 5.97 Å². The molecule has 4 fully saturated rings. The minimum absolute atomic E-state index is 0.0128. The zero-order valence-corrected chi connectivity index (χ0v) is 20.3. The van der Waals surface area contributed by atoms with Crippen molar-refractivity contribution in [2.45, 2.75) is 78.6 Å². The molecule has 8 unspecified atom stereocenters. The summed E-state index contributed by atoms with van der Waals surface area (Å²) in [5, 5.41) is 40.9. The molecule has 4 aliphatic carbocycles. The number of oxime groups is 3. The van der Waals surface area contributed by atoms with Crippen molar-refractivity contribution in [3.8, 4) is 0 Å². The van der Waals surface area contributed by atoms with Gasteiger partial charge in [-0.25, -0.2) is 0 Å². The summed E-state index contributed by atoms with van der Waals surface area (Å²) in [6.45, 7) is 6.76. The van der Waals surface area contributed by atoms with Crippen LogP contribution in [0.3, 0.4) is 0 Å². The summed E-state index contributed by atoms with van der Waals surface area (Å²) in [6.07, 6.45) is 6.97. The Morgan fingerprint density at radius 1 is 1.09 bits per heavy atom. The molecule has 0 saturated heterocycles. The Bertz CT molecular complexity index is 870. The van der Waals surface area contributed by atoms with Crippen LogP contribution in [0.1, 0.15) is 78.6 Å². The Morgan fingerprint density at radius 2 is 1.85 bits per heavy atom. The quantitative estimate of drug-likeness (QED) is 0.311. The van der Waals surface area contributed by atoms with E-state index in [9.17, 15) is 20.4 Å². The van der Waals surface area contributed by atoms with Crippen LogP contribution in [0.5, 0.6) is 0 Å². The van der Waals surface area contributed by atoms with E-state index in [1.165, 1.54) is 7.11 Å². The molecule has 184 valence electrons. The first-order chi connectivity index (χ1) is 15.7. The van der Waals surface area contributed by atoms with E-state index in [4.69, 9.17) is 4.74 Å². The van der Waals surface area contributed by atoms with E-state index in [1.54, 1.807) is 0 Å². The van der Waals surface area contributed by atoms with Crippen LogP contribution in [0.15, 0.2) is 15.5 Å².